The molecule has 0 spiro atoms. The van der Waals surface area contributed by atoms with Crippen molar-refractivity contribution in [3.8, 4) is 11.5 Å². The van der Waals surface area contributed by atoms with E-state index in [1.165, 1.54) is 12.7 Å². The van der Waals surface area contributed by atoms with E-state index < -0.39 is 0 Å². The van der Waals surface area contributed by atoms with E-state index in [1.54, 1.807) is 0 Å². The topological polar surface area (TPSA) is 77.4 Å². The first kappa shape index (κ1) is 11.4. The number of aromatic nitrogens is 3. The van der Waals surface area contributed by atoms with Crippen LogP contribution in [-0.4, -0.2) is 46.3 Å². The van der Waals surface area contributed by atoms with Crippen molar-refractivity contribution in [2.75, 3.05) is 20.1 Å². The van der Waals surface area contributed by atoms with Gasteiger partial charge >= 0.3 is 0 Å². The van der Waals surface area contributed by atoms with E-state index in [0.29, 0.717) is 17.4 Å². The molecule has 0 bridgehead atoms. The van der Waals surface area contributed by atoms with Crippen molar-refractivity contribution in [1.82, 2.24) is 20.0 Å². The van der Waals surface area contributed by atoms with Crippen LogP contribution >= 0.6 is 0 Å². The number of hydrogen-bond acceptors (Lipinski definition) is 7. The molecule has 1 aliphatic rings. The number of ether oxygens (including phenoxy) is 1. The Morgan fingerprint density at radius 3 is 3.00 bits per heavy atom. The molecule has 3 rings (SSSR count). The lowest BCUT2D eigenvalue weighted by Gasteiger charge is -2.32. The zero-order valence-corrected chi connectivity index (χ0v) is 10.2. The maximum atomic E-state index is 5.79. The molecule has 1 saturated heterocycles. The maximum absolute atomic E-state index is 5.79. The normalized spacial score (nSPS) is 25.4. The van der Waals surface area contributed by atoms with Crippen molar-refractivity contribution in [1.29, 1.82) is 0 Å². The van der Waals surface area contributed by atoms with E-state index >= 15 is 0 Å². The van der Waals surface area contributed by atoms with E-state index in [4.69, 9.17) is 13.7 Å². The molecule has 1 fully saturated rings. The van der Waals surface area contributed by atoms with E-state index in [1.807, 2.05) is 14.0 Å². The summed E-state index contributed by atoms with van der Waals surface area (Å²) in [6.07, 6.45) is 2.77. The number of oxazole rings is 1. The van der Waals surface area contributed by atoms with Crippen LogP contribution in [0.4, 0.5) is 0 Å². The highest BCUT2D eigenvalue weighted by atomic mass is 16.5. The smallest absolute Gasteiger partial charge is 0.257 e. The van der Waals surface area contributed by atoms with Crippen LogP contribution in [0.2, 0.25) is 0 Å². The molecule has 0 N–H and O–H groups in total. The summed E-state index contributed by atoms with van der Waals surface area (Å²) >= 11 is 0. The van der Waals surface area contributed by atoms with Gasteiger partial charge in [0.15, 0.2) is 6.39 Å². The van der Waals surface area contributed by atoms with Crippen molar-refractivity contribution < 1.29 is 13.7 Å². The molecule has 7 nitrogen and oxygen atoms in total. The molecule has 0 aromatic carbocycles. The zero-order valence-electron chi connectivity index (χ0n) is 10.2. The Balaban J connectivity index is 1.80. The summed E-state index contributed by atoms with van der Waals surface area (Å²) in [7, 11) is 2.04. The van der Waals surface area contributed by atoms with Crippen molar-refractivity contribution in [3.05, 3.63) is 18.5 Å². The Kier molecular flexibility index (Phi) is 2.85. The molecule has 18 heavy (non-hydrogen) atoms. The molecule has 2 atom stereocenters. The fraction of sp³-hybridized carbons (Fsp3) is 0.545. The van der Waals surface area contributed by atoms with Gasteiger partial charge in [-0.25, -0.2) is 4.98 Å². The quantitative estimate of drug-likeness (QED) is 0.790. The minimum absolute atomic E-state index is 0.149. The summed E-state index contributed by atoms with van der Waals surface area (Å²) in [5, 5.41) is 3.88. The molecule has 7 heteroatoms. The van der Waals surface area contributed by atoms with Crippen LogP contribution in [0.1, 0.15) is 18.9 Å². The van der Waals surface area contributed by atoms with Crippen molar-refractivity contribution in [2.24, 2.45) is 0 Å². The highest BCUT2D eigenvalue weighted by Gasteiger charge is 2.29. The summed E-state index contributed by atoms with van der Waals surface area (Å²) in [5.74, 6) is 0.898. The van der Waals surface area contributed by atoms with Crippen LogP contribution in [0.5, 0.6) is 0 Å². The second kappa shape index (κ2) is 4.51. The fourth-order valence-electron chi connectivity index (χ4n) is 2.09. The number of hydrogen-bond donors (Lipinski definition) is 0. The molecule has 2 aromatic heterocycles. The first-order chi connectivity index (χ1) is 8.72. The van der Waals surface area contributed by atoms with Crippen LogP contribution in [0.3, 0.4) is 0 Å². The highest BCUT2D eigenvalue weighted by molar-refractivity contribution is 5.44. The van der Waals surface area contributed by atoms with Gasteiger partial charge in [-0.3, -0.25) is 0 Å². The lowest BCUT2D eigenvalue weighted by molar-refractivity contribution is -0.0838. The van der Waals surface area contributed by atoms with Crippen LogP contribution in [0.25, 0.3) is 11.5 Å². The highest BCUT2D eigenvalue weighted by Crippen LogP contribution is 2.24. The van der Waals surface area contributed by atoms with Crippen molar-refractivity contribution >= 4 is 0 Å². The minimum Gasteiger partial charge on any atom is -0.451 e. The molecule has 0 unspecified atom stereocenters. The Morgan fingerprint density at radius 2 is 2.28 bits per heavy atom. The molecule has 0 radical (unpaired) electrons. The van der Waals surface area contributed by atoms with Gasteiger partial charge in [0.05, 0.1) is 6.10 Å². The van der Waals surface area contributed by atoms with Crippen LogP contribution in [0, 0.1) is 0 Å². The Morgan fingerprint density at radius 1 is 1.39 bits per heavy atom. The number of rotatable bonds is 2. The molecule has 0 aliphatic carbocycles. The number of morpholine rings is 1. The Labute approximate surface area is 104 Å². The number of likely N-dealkylation sites (N-methyl/N-ethyl adjacent to an activating group) is 1. The molecule has 0 saturated carbocycles. The maximum Gasteiger partial charge on any atom is 0.257 e. The molecule has 0 amide bonds. The minimum atomic E-state index is -0.188. The van der Waals surface area contributed by atoms with Crippen molar-refractivity contribution in [3.63, 3.8) is 0 Å². The fourth-order valence-corrected chi connectivity index (χ4v) is 2.09. The second-order valence-electron chi connectivity index (χ2n) is 4.49. The largest absolute Gasteiger partial charge is 0.451 e. The SMILES string of the molecule is C[C@@H]1CN(C)C[C@H](c2nc(-c3cocn3)no2)O1. The first-order valence-electron chi connectivity index (χ1n) is 5.78. The third-order valence-corrected chi connectivity index (χ3v) is 2.82. The van der Waals surface area contributed by atoms with Crippen LogP contribution < -0.4 is 0 Å². The average molecular weight is 250 g/mol. The van der Waals surface area contributed by atoms with Crippen LogP contribution in [-0.2, 0) is 4.74 Å². The standard InChI is InChI=1S/C11H14N4O3/c1-7-3-15(2)4-9(17-7)11-13-10(14-18-11)8-5-16-6-12-8/h5-7,9H,3-4H2,1-2H3/t7-,9-/m1/s1. The zero-order chi connectivity index (χ0) is 12.5. The molecule has 1 aliphatic heterocycles. The number of nitrogens with zero attached hydrogens (tertiary/aromatic N) is 4. The van der Waals surface area contributed by atoms with Crippen LogP contribution in [0.15, 0.2) is 21.6 Å². The molecular weight excluding hydrogens is 236 g/mol. The molecular formula is C11H14N4O3. The third-order valence-electron chi connectivity index (χ3n) is 2.82. The Hall–Kier alpha value is -1.73. The summed E-state index contributed by atoms with van der Waals surface area (Å²) in [6, 6.07) is 0. The van der Waals surface area contributed by atoms with E-state index in [9.17, 15) is 0 Å². The predicted molar refractivity (Wildman–Crippen MR) is 60.6 cm³/mol. The molecule has 3 heterocycles. The van der Waals surface area contributed by atoms with Gasteiger partial charge in [-0.1, -0.05) is 5.16 Å². The van der Waals surface area contributed by atoms with E-state index in [2.05, 4.69) is 20.0 Å². The van der Waals surface area contributed by atoms with Crippen molar-refractivity contribution in [2.45, 2.75) is 19.1 Å². The van der Waals surface area contributed by atoms with Gasteiger partial charge in [0.2, 0.25) is 5.82 Å². The summed E-state index contributed by atoms with van der Waals surface area (Å²) in [6.45, 7) is 3.67. The van der Waals surface area contributed by atoms with Gasteiger partial charge in [-0.2, -0.15) is 4.98 Å². The van der Waals surface area contributed by atoms with E-state index in [0.717, 1.165) is 13.1 Å². The molecule has 96 valence electrons. The summed E-state index contributed by atoms with van der Waals surface area (Å²) in [5.41, 5.74) is 0.558. The molecule has 2 aromatic rings. The average Bonchev–Trinajstić information content (AvgIpc) is 2.99. The summed E-state index contributed by atoms with van der Waals surface area (Å²) in [4.78, 5) is 10.4. The summed E-state index contributed by atoms with van der Waals surface area (Å²) < 4.78 is 15.9. The van der Waals surface area contributed by atoms with Gasteiger partial charge in [-0.05, 0) is 14.0 Å². The van der Waals surface area contributed by atoms with Gasteiger partial charge in [0.25, 0.3) is 5.89 Å². The van der Waals surface area contributed by atoms with Gasteiger partial charge < -0.3 is 18.6 Å². The lowest BCUT2D eigenvalue weighted by atomic mass is 10.2. The lowest BCUT2D eigenvalue weighted by Crippen LogP contribution is -2.40. The van der Waals surface area contributed by atoms with Gasteiger partial charge in [-0.15, -0.1) is 0 Å². The van der Waals surface area contributed by atoms with E-state index in [-0.39, 0.29) is 12.2 Å². The van der Waals surface area contributed by atoms with Gasteiger partial charge in [0, 0.05) is 13.1 Å². The first-order valence-corrected chi connectivity index (χ1v) is 5.78. The Bertz CT molecular complexity index is 500. The monoisotopic (exact) mass is 250 g/mol. The third kappa shape index (κ3) is 2.14. The second-order valence-corrected chi connectivity index (χ2v) is 4.49. The van der Waals surface area contributed by atoms with Gasteiger partial charge in [0.1, 0.15) is 18.1 Å². The predicted octanol–water partition coefficient (Wildman–Crippen LogP) is 1.12.